The molecule has 0 unspecified atom stereocenters. The molecule has 0 saturated carbocycles. The molecule has 0 fully saturated rings. The van der Waals surface area contributed by atoms with E-state index in [4.69, 9.17) is 0 Å². The molecule has 0 aliphatic heterocycles. The van der Waals surface area contributed by atoms with Crippen LogP contribution >= 0.6 is 15.9 Å². The van der Waals surface area contributed by atoms with Gasteiger partial charge in [0.15, 0.2) is 0 Å². The molecule has 0 spiro atoms. The second-order valence-corrected chi connectivity index (χ2v) is 5.36. The van der Waals surface area contributed by atoms with Crippen molar-refractivity contribution in [2.75, 3.05) is 12.4 Å². The Balaban J connectivity index is 2.61. The molecule has 1 N–H and O–H groups in total. The Morgan fingerprint density at radius 2 is 2.00 bits per heavy atom. The molecular weight excluding hydrogens is 309 g/mol. The number of halogens is 2. The standard InChI is InChI=1S/C14H15BrFN3/c1-8(2)14-18-11(7-12(17-3)19-14)9-5-4-6-10(15)13(9)16/h4-8H,1-3H3,(H,17,18,19). The number of benzene rings is 1. The van der Waals surface area contributed by atoms with Crippen LogP contribution in [0.15, 0.2) is 28.7 Å². The summed E-state index contributed by atoms with van der Waals surface area (Å²) in [6, 6.07) is 6.92. The summed E-state index contributed by atoms with van der Waals surface area (Å²) < 4.78 is 14.6. The molecule has 2 aromatic rings. The molecular formula is C14H15BrFN3. The number of hydrogen-bond donors (Lipinski definition) is 1. The number of anilines is 1. The van der Waals surface area contributed by atoms with Crippen molar-refractivity contribution in [1.29, 1.82) is 0 Å². The minimum Gasteiger partial charge on any atom is -0.373 e. The van der Waals surface area contributed by atoms with Crippen LogP contribution in [0.4, 0.5) is 10.2 Å². The Hall–Kier alpha value is -1.49. The van der Waals surface area contributed by atoms with Crippen LogP contribution in [0.2, 0.25) is 0 Å². The molecule has 0 amide bonds. The summed E-state index contributed by atoms with van der Waals surface area (Å²) in [5.74, 6) is 1.26. The number of nitrogens with zero attached hydrogens (tertiary/aromatic N) is 2. The zero-order valence-corrected chi connectivity index (χ0v) is 12.6. The molecule has 0 atom stereocenters. The van der Waals surface area contributed by atoms with Gasteiger partial charge in [0, 0.05) is 24.6 Å². The van der Waals surface area contributed by atoms with Gasteiger partial charge in [-0.15, -0.1) is 0 Å². The van der Waals surface area contributed by atoms with Gasteiger partial charge < -0.3 is 5.32 Å². The highest BCUT2D eigenvalue weighted by atomic mass is 79.9. The van der Waals surface area contributed by atoms with E-state index in [2.05, 4.69) is 31.2 Å². The maximum Gasteiger partial charge on any atom is 0.146 e. The van der Waals surface area contributed by atoms with Crippen molar-refractivity contribution in [1.82, 2.24) is 9.97 Å². The van der Waals surface area contributed by atoms with Crippen molar-refractivity contribution >= 4 is 21.7 Å². The first-order chi connectivity index (χ1) is 9.02. The Bertz CT molecular complexity index is 599. The van der Waals surface area contributed by atoms with Crippen LogP contribution in [0, 0.1) is 5.82 Å². The van der Waals surface area contributed by atoms with Gasteiger partial charge in [-0.1, -0.05) is 19.9 Å². The molecule has 2 rings (SSSR count). The van der Waals surface area contributed by atoms with Gasteiger partial charge in [0.25, 0.3) is 0 Å². The number of nitrogens with one attached hydrogen (secondary N) is 1. The highest BCUT2D eigenvalue weighted by Crippen LogP contribution is 2.28. The minimum absolute atomic E-state index is 0.183. The van der Waals surface area contributed by atoms with E-state index in [1.165, 1.54) is 0 Å². The Morgan fingerprint density at radius 1 is 1.26 bits per heavy atom. The van der Waals surface area contributed by atoms with Crippen LogP contribution in [0.25, 0.3) is 11.3 Å². The summed E-state index contributed by atoms with van der Waals surface area (Å²) in [5.41, 5.74) is 1.05. The summed E-state index contributed by atoms with van der Waals surface area (Å²) in [4.78, 5) is 8.81. The maximum absolute atomic E-state index is 14.1. The normalized spacial score (nSPS) is 10.8. The molecule has 100 valence electrons. The molecule has 5 heteroatoms. The first-order valence-electron chi connectivity index (χ1n) is 6.04. The third-order valence-electron chi connectivity index (χ3n) is 2.74. The molecule has 0 radical (unpaired) electrons. The van der Waals surface area contributed by atoms with Crippen LogP contribution < -0.4 is 5.32 Å². The van der Waals surface area contributed by atoms with E-state index in [0.717, 1.165) is 0 Å². The lowest BCUT2D eigenvalue weighted by Gasteiger charge is -2.11. The second kappa shape index (κ2) is 5.65. The van der Waals surface area contributed by atoms with Gasteiger partial charge in [-0.25, -0.2) is 14.4 Å². The maximum atomic E-state index is 14.1. The number of aromatic nitrogens is 2. The first-order valence-corrected chi connectivity index (χ1v) is 6.83. The van der Waals surface area contributed by atoms with Gasteiger partial charge in [-0.2, -0.15) is 0 Å². The average Bonchev–Trinajstić information content (AvgIpc) is 2.41. The highest BCUT2D eigenvalue weighted by Gasteiger charge is 2.13. The third-order valence-corrected chi connectivity index (χ3v) is 3.36. The van der Waals surface area contributed by atoms with E-state index in [9.17, 15) is 4.39 Å². The Labute approximate surface area is 120 Å². The van der Waals surface area contributed by atoms with E-state index in [-0.39, 0.29) is 11.7 Å². The van der Waals surface area contributed by atoms with Crippen LogP contribution in [-0.2, 0) is 0 Å². The zero-order valence-electron chi connectivity index (χ0n) is 11.0. The lowest BCUT2D eigenvalue weighted by atomic mass is 10.1. The first kappa shape index (κ1) is 13.9. The van der Waals surface area contributed by atoms with Crippen LogP contribution in [0.1, 0.15) is 25.6 Å². The molecule has 1 heterocycles. The highest BCUT2D eigenvalue weighted by molar-refractivity contribution is 9.10. The lowest BCUT2D eigenvalue weighted by molar-refractivity contribution is 0.623. The lowest BCUT2D eigenvalue weighted by Crippen LogP contribution is -2.04. The predicted molar refractivity (Wildman–Crippen MR) is 78.8 cm³/mol. The van der Waals surface area contributed by atoms with Crippen molar-refractivity contribution < 1.29 is 4.39 Å². The van der Waals surface area contributed by atoms with Crippen molar-refractivity contribution in [3.05, 3.63) is 40.4 Å². The monoisotopic (exact) mass is 323 g/mol. The minimum atomic E-state index is -0.307. The fourth-order valence-corrected chi connectivity index (χ4v) is 2.06. The molecule has 1 aromatic heterocycles. The van der Waals surface area contributed by atoms with Crippen LogP contribution in [0.5, 0.6) is 0 Å². The molecule has 0 aliphatic carbocycles. The molecule has 3 nitrogen and oxygen atoms in total. The van der Waals surface area contributed by atoms with Gasteiger partial charge in [-0.05, 0) is 28.1 Å². The molecule has 19 heavy (non-hydrogen) atoms. The summed E-state index contributed by atoms with van der Waals surface area (Å²) in [7, 11) is 1.79. The van der Waals surface area contributed by atoms with Crippen LogP contribution in [0.3, 0.4) is 0 Å². The van der Waals surface area contributed by atoms with Crippen molar-refractivity contribution in [3.63, 3.8) is 0 Å². The molecule has 0 saturated heterocycles. The summed E-state index contributed by atoms with van der Waals surface area (Å²) >= 11 is 3.19. The zero-order chi connectivity index (χ0) is 14.0. The van der Waals surface area contributed by atoms with Gasteiger partial charge >= 0.3 is 0 Å². The fraction of sp³-hybridized carbons (Fsp3) is 0.286. The van der Waals surface area contributed by atoms with Gasteiger partial charge in [0.05, 0.1) is 10.2 Å². The van der Waals surface area contributed by atoms with E-state index in [1.54, 1.807) is 31.3 Å². The SMILES string of the molecule is CNc1cc(-c2cccc(Br)c2F)nc(C(C)C)n1. The summed E-state index contributed by atoms with van der Waals surface area (Å²) in [6.45, 7) is 4.02. The predicted octanol–water partition coefficient (Wildman–Crippen LogP) is 4.21. The quantitative estimate of drug-likeness (QED) is 0.919. The van der Waals surface area contributed by atoms with E-state index >= 15 is 0 Å². The van der Waals surface area contributed by atoms with Crippen LogP contribution in [-0.4, -0.2) is 17.0 Å². The Morgan fingerprint density at radius 3 is 2.63 bits per heavy atom. The van der Waals surface area contributed by atoms with E-state index in [0.29, 0.717) is 27.4 Å². The molecule has 0 bridgehead atoms. The number of hydrogen-bond acceptors (Lipinski definition) is 3. The van der Waals surface area contributed by atoms with Gasteiger partial charge in [0.1, 0.15) is 17.5 Å². The number of rotatable bonds is 3. The average molecular weight is 324 g/mol. The van der Waals surface area contributed by atoms with Gasteiger partial charge in [-0.3, -0.25) is 0 Å². The van der Waals surface area contributed by atoms with Crippen molar-refractivity contribution in [2.45, 2.75) is 19.8 Å². The largest absolute Gasteiger partial charge is 0.373 e. The topological polar surface area (TPSA) is 37.8 Å². The second-order valence-electron chi connectivity index (χ2n) is 4.50. The fourth-order valence-electron chi connectivity index (χ4n) is 1.69. The summed E-state index contributed by atoms with van der Waals surface area (Å²) in [6.07, 6.45) is 0. The molecule has 0 aliphatic rings. The van der Waals surface area contributed by atoms with E-state index < -0.39 is 0 Å². The van der Waals surface area contributed by atoms with E-state index in [1.807, 2.05) is 13.8 Å². The Kier molecular flexibility index (Phi) is 4.14. The molecule has 1 aromatic carbocycles. The van der Waals surface area contributed by atoms with Crippen molar-refractivity contribution in [3.8, 4) is 11.3 Å². The van der Waals surface area contributed by atoms with Crippen molar-refractivity contribution in [2.24, 2.45) is 0 Å². The smallest absolute Gasteiger partial charge is 0.146 e. The van der Waals surface area contributed by atoms with Gasteiger partial charge in [0.2, 0.25) is 0 Å². The summed E-state index contributed by atoms with van der Waals surface area (Å²) in [5, 5.41) is 2.98. The third kappa shape index (κ3) is 2.92.